The summed E-state index contributed by atoms with van der Waals surface area (Å²) in [5.41, 5.74) is 0.363. The lowest BCUT2D eigenvalue weighted by Crippen LogP contribution is -2.66. The van der Waals surface area contributed by atoms with Gasteiger partial charge in [-0.15, -0.1) is 0 Å². The minimum Gasteiger partial charge on any atom is -0.444 e. The van der Waals surface area contributed by atoms with Crippen molar-refractivity contribution < 1.29 is 19.1 Å². The molecule has 0 saturated carbocycles. The summed E-state index contributed by atoms with van der Waals surface area (Å²) in [6.45, 7) is 6.13. The van der Waals surface area contributed by atoms with Crippen molar-refractivity contribution in [1.29, 1.82) is 0 Å². The molecule has 3 atom stereocenters. The van der Waals surface area contributed by atoms with E-state index >= 15 is 9.59 Å². The molecule has 0 aromatic heterocycles. The predicted octanol–water partition coefficient (Wildman–Crippen LogP) is 6.85. The van der Waals surface area contributed by atoms with Gasteiger partial charge in [0.2, 0.25) is 0 Å². The van der Waals surface area contributed by atoms with E-state index in [-0.39, 0.29) is 30.6 Å². The Bertz CT molecular complexity index is 1840. The maximum atomic E-state index is 15.5. The number of nitrogens with zero attached hydrogens (tertiary/aromatic N) is 2. The van der Waals surface area contributed by atoms with E-state index < -0.39 is 22.6 Å². The fourth-order valence-electron chi connectivity index (χ4n) is 8.06. The number of hydrogen-bond acceptors (Lipinski definition) is 5. The third kappa shape index (κ3) is 3.93. The van der Waals surface area contributed by atoms with Crippen LogP contribution in [0.25, 0.3) is 16.8 Å². The number of rotatable bonds is 2. The number of benzene rings is 4. The molecule has 44 heavy (non-hydrogen) atoms. The van der Waals surface area contributed by atoms with Crippen LogP contribution in [0.15, 0.2) is 103 Å². The molecular weight excluding hydrogens is 548 g/mol. The van der Waals surface area contributed by atoms with Gasteiger partial charge in [-0.05, 0) is 61.4 Å². The van der Waals surface area contributed by atoms with E-state index in [9.17, 15) is 4.79 Å². The standard InChI is InChI=1S/C38H36N2O4/c1-36(2,3)44-35(43)40-22-28(21-25-13-7-5-8-14-25)33(41)37(24-40)31(26-15-9-6-10-16-26)23-39(4)38(37)30-20-12-18-27-17-11-19-29(32(27)30)34(38)42/h5-21,31H,22-24H2,1-4H3/b28-21+/t31-,37+,38+/m1/s1. The zero-order valence-electron chi connectivity index (χ0n) is 25.5. The summed E-state index contributed by atoms with van der Waals surface area (Å²) in [6.07, 6.45) is 1.38. The Morgan fingerprint density at radius 2 is 1.52 bits per heavy atom. The Hall–Kier alpha value is -4.55. The molecular formula is C38H36N2O4. The van der Waals surface area contributed by atoms with Crippen molar-refractivity contribution in [3.8, 4) is 0 Å². The number of likely N-dealkylation sites (N-methyl/N-ethyl adjacent to an activating group) is 1. The molecule has 6 heteroatoms. The molecule has 3 aliphatic rings. The summed E-state index contributed by atoms with van der Waals surface area (Å²) in [5.74, 6) is -0.569. The van der Waals surface area contributed by atoms with Crippen LogP contribution in [0.4, 0.5) is 4.79 Å². The van der Waals surface area contributed by atoms with Crippen molar-refractivity contribution >= 4 is 34.5 Å². The highest BCUT2D eigenvalue weighted by molar-refractivity contribution is 6.24. The lowest BCUT2D eigenvalue weighted by atomic mass is 9.55. The first-order valence-corrected chi connectivity index (χ1v) is 15.2. The Balaban J connectivity index is 1.54. The van der Waals surface area contributed by atoms with Gasteiger partial charge in [0, 0.05) is 30.1 Å². The average molecular weight is 585 g/mol. The van der Waals surface area contributed by atoms with Gasteiger partial charge in [-0.3, -0.25) is 14.5 Å². The van der Waals surface area contributed by atoms with E-state index in [1.165, 1.54) is 0 Å². The van der Waals surface area contributed by atoms with Crippen molar-refractivity contribution in [3.05, 3.63) is 125 Å². The molecule has 2 spiro atoms. The highest BCUT2D eigenvalue weighted by atomic mass is 16.6. The fraction of sp³-hybridized carbons (Fsp3) is 0.289. The van der Waals surface area contributed by atoms with E-state index in [0.717, 1.165) is 27.5 Å². The molecule has 2 saturated heterocycles. The van der Waals surface area contributed by atoms with Crippen LogP contribution in [0.3, 0.4) is 0 Å². The van der Waals surface area contributed by atoms with Gasteiger partial charge in [-0.2, -0.15) is 0 Å². The molecule has 2 aliphatic heterocycles. The molecule has 2 heterocycles. The molecule has 0 unspecified atom stereocenters. The number of carbonyl (C=O) groups excluding carboxylic acids is 3. The van der Waals surface area contributed by atoms with Crippen LogP contribution >= 0.6 is 0 Å². The molecule has 4 aromatic carbocycles. The van der Waals surface area contributed by atoms with E-state index in [4.69, 9.17) is 4.74 Å². The molecule has 4 aromatic rings. The molecule has 7 rings (SSSR count). The average Bonchev–Trinajstić information content (AvgIpc) is 3.42. The second-order valence-corrected chi connectivity index (χ2v) is 13.3. The minimum absolute atomic E-state index is 0.0485. The van der Waals surface area contributed by atoms with E-state index in [1.807, 2.05) is 131 Å². The van der Waals surface area contributed by atoms with Crippen molar-refractivity contribution in [2.45, 2.75) is 37.8 Å². The first-order chi connectivity index (χ1) is 21.1. The van der Waals surface area contributed by atoms with Gasteiger partial charge in [0.1, 0.15) is 11.1 Å². The van der Waals surface area contributed by atoms with Crippen molar-refractivity contribution in [3.63, 3.8) is 0 Å². The molecule has 0 radical (unpaired) electrons. The van der Waals surface area contributed by atoms with Crippen molar-refractivity contribution in [2.75, 3.05) is 26.7 Å². The topological polar surface area (TPSA) is 66.9 Å². The molecule has 6 nitrogen and oxygen atoms in total. The summed E-state index contributed by atoms with van der Waals surface area (Å²) in [7, 11) is 1.95. The first-order valence-electron chi connectivity index (χ1n) is 15.2. The largest absolute Gasteiger partial charge is 0.444 e. The zero-order chi connectivity index (χ0) is 30.9. The molecule has 1 aliphatic carbocycles. The van der Waals surface area contributed by atoms with Crippen LogP contribution in [0.5, 0.6) is 0 Å². The third-order valence-electron chi connectivity index (χ3n) is 9.63. The number of piperidine rings is 1. The molecule has 0 N–H and O–H groups in total. The highest BCUT2D eigenvalue weighted by Crippen LogP contribution is 2.65. The lowest BCUT2D eigenvalue weighted by molar-refractivity contribution is -0.134. The number of ether oxygens (including phenoxy) is 1. The van der Waals surface area contributed by atoms with Crippen LogP contribution in [-0.4, -0.2) is 59.7 Å². The number of ketones is 2. The highest BCUT2D eigenvalue weighted by Gasteiger charge is 2.75. The smallest absolute Gasteiger partial charge is 0.410 e. The van der Waals surface area contributed by atoms with Crippen LogP contribution in [0.2, 0.25) is 0 Å². The predicted molar refractivity (Wildman–Crippen MR) is 171 cm³/mol. The normalized spacial score (nSPS) is 26.0. The van der Waals surface area contributed by atoms with Gasteiger partial charge in [0.25, 0.3) is 0 Å². The van der Waals surface area contributed by atoms with Crippen LogP contribution in [0, 0.1) is 5.41 Å². The summed E-state index contributed by atoms with van der Waals surface area (Å²) in [5, 5.41) is 1.85. The van der Waals surface area contributed by atoms with Crippen molar-refractivity contribution in [1.82, 2.24) is 9.80 Å². The van der Waals surface area contributed by atoms with Gasteiger partial charge in [0.15, 0.2) is 11.6 Å². The summed E-state index contributed by atoms with van der Waals surface area (Å²) >= 11 is 0. The van der Waals surface area contributed by atoms with Gasteiger partial charge in [0.05, 0.1) is 12.0 Å². The Morgan fingerprint density at radius 1 is 0.864 bits per heavy atom. The molecule has 222 valence electrons. The number of carbonyl (C=O) groups is 3. The molecule has 0 bridgehead atoms. The Kier molecular flexibility index (Phi) is 6.41. The number of hydrogen-bond donors (Lipinski definition) is 0. The summed E-state index contributed by atoms with van der Waals surface area (Å²) in [4.78, 5) is 48.3. The van der Waals surface area contributed by atoms with E-state index in [0.29, 0.717) is 17.7 Å². The monoisotopic (exact) mass is 584 g/mol. The van der Waals surface area contributed by atoms with Crippen LogP contribution in [-0.2, 0) is 15.1 Å². The van der Waals surface area contributed by atoms with Gasteiger partial charge < -0.3 is 9.64 Å². The van der Waals surface area contributed by atoms with Crippen molar-refractivity contribution in [2.24, 2.45) is 5.41 Å². The van der Waals surface area contributed by atoms with Crippen LogP contribution < -0.4 is 0 Å². The number of likely N-dealkylation sites (tertiary alicyclic amines) is 2. The second-order valence-electron chi connectivity index (χ2n) is 13.3. The van der Waals surface area contributed by atoms with E-state index in [1.54, 1.807) is 4.90 Å². The van der Waals surface area contributed by atoms with Crippen LogP contribution in [0.1, 0.15) is 53.7 Å². The summed E-state index contributed by atoms with van der Waals surface area (Å²) < 4.78 is 5.93. The summed E-state index contributed by atoms with van der Waals surface area (Å²) in [6, 6.07) is 31.4. The minimum atomic E-state index is -1.33. The van der Waals surface area contributed by atoms with Gasteiger partial charge in [-0.1, -0.05) is 97.1 Å². The lowest BCUT2D eigenvalue weighted by Gasteiger charge is -2.51. The van der Waals surface area contributed by atoms with Gasteiger partial charge >= 0.3 is 6.09 Å². The zero-order valence-corrected chi connectivity index (χ0v) is 25.5. The second kappa shape index (κ2) is 10.00. The fourth-order valence-corrected chi connectivity index (χ4v) is 8.06. The Morgan fingerprint density at radius 3 is 2.20 bits per heavy atom. The maximum Gasteiger partial charge on any atom is 0.410 e. The number of Topliss-reactive ketones (excluding diaryl/α,β-unsaturated/α-hetero) is 2. The van der Waals surface area contributed by atoms with E-state index in [2.05, 4.69) is 4.90 Å². The maximum absolute atomic E-state index is 15.5. The number of fused-ring (bicyclic) bond motifs is 2. The molecule has 2 fully saturated rings. The van der Waals surface area contributed by atoms with Gasteiger partial charge in [-0.25, -0.2) is 4.79 Å². The first kappa shape index (κ1) is 28.2. The Labute approximate surface area is 257 Å². The number of amides is 1. The third-order valence-corrected chi connectivity index (χ3v) is 9.63. The molecule has 1 amide bonds. The SMILES string of the molecule is CN1C[C@H](c2ccccc2)[C@]2(CN(C(=O)OC(C)(C)C)C/C(=C\c3ccccc3)C2=O)[C@]12C(=O)c1cccc3cccc2c13. The quantitative estimate of drug-likeness (QED) is 0.241.